The van der Waals surface area contributed by atoms with Gasteiger partial charge in [0.2, 0.25) is 0 Å². The summed E-state index contributed by atoms with van der Waals surface area (Å²) in [4.78, 5) is 10.3. The van der Waals surface area contributed by atoms with Crippen LogP contribution in [0, 0.1) is 11.3 Å². The van der Waals surface area contributed by atoms with Crippen molar-refractivity contribution in [2.45, 2.75) is 19.0 Å². The molecule has 0 saturated carbocycles. The lowest BCUT2D eigenvalue weighted by Crippen LogP contribution is -2.35. The van der Waals surface area contributed by atoms with Gasteiger partial charge in [0.1, 0.15) is 11.5 Å². The molecule has 0 amide bonds. The second-order valence-corrected chi connectivity index (χ2v) is 6.84. The van der Waals surface area contributed by atoms with Gasteiger partial charge in [-0.05, 0) is 35.4 Å². The lowest BCUT2D eigenvalue weighted by molar-refractivity contribution is 0.200. The van der Waals surface area contributed by atoms with Crippen molar-refractivity contribution in [3.63, 3.8) is 0 Å². The number of hydrogen-bond acceptors (Lipinski definition) is 5. The van der Waals surface area contributed by atoms with E-state index in [9.17, 15) is 0 Å². The molecule has 0 bridgehead atoms. The quantitative estimate of drug-likeness (QED) is 0.740. The summed E-state index contributed by atoms with van der Waals surface area (Å²) in [6.07, 6.45) is 2.68. The summed E-state index contributed by atoms with van der Waals surface area (Å²) in [7, 11) is 3.32. The van der Waals surface area contributed by atoms with Crippen molar-refractivity contribution in [2.75, 3.05) is 20.8 Å². The predicted octanol–water partition coefficient (Wildman–Crippen LogP) is 3.45. The van der Waals surface area contributed by atoms with Crippen molar-refractivity contribution in [1.82, 2.24) is 14.9 Å². The summed E-state index contributed by atoms with van der Waals surface area (Å²) in [6, 6.07) is 15.9. The van der Waals surface area contributed by atoms with Crippen LogP contribution in [0.3, 0.4) is 0 Å². The van der Waals surface area contributed by atoms with Crippen LogP contribution in [0.15, 0.2) is 48.8 Å². The standard InChI is InChI=1S/C22H22N4O2/c1-27-18-9-16(10-19(11-18)28-2)13-26-8-7-20-21(25-14-24-20)22(26)17-5-3-15(12-23)4-6-17/h3-6,9-11,14,22H,7-8,13H2,1-2H3,(H,24,25). The van der Waals surface area contributed by atoms with Gasteiger partial charge in [-0.1, -0.05) is 12.1 Å². The normalized spacial score (nSPS) is 16.2. The van der Waals surface area contributed by atoms with E-state index in [1.807, 2.05) is 42.5 Å². The van der Waals surface area contributed by atoms with Gasteiger partial charge in [0.05, 0.1) is 43.9 Å². The first-order chi connectivity index (χ1) is 13.7. The Morgan fingerprint density at radius 2 is 1.86 bits per heavy atom. The predicted molar refractivity (Wildman–Crippen MR) is 105 cm³/mol. The number of nitrogens with one attached hydrogen (secondary N) is 1. The van der Waals surface area contributed by atoms with Crippen molar-refractivity contribution in [1.29, 1.82) is 5.26 Å². The smallest absolute Gasteiger partial charge is 0.122 e. The summed E-state index contributed by atoms with van der Waals surface area (Å²) in [5.74, 6) is 1.56. The Kier molecular flexibility index (Phi) is 5.00. The second kappa shape index (κ2) is 7.75. The molecule has 0 fully saturated rings. The minimum absolute atomic E-state index is 0.0277. The lowest BCUT2D eigenvalue weighted by atomic mass is 9.94. The number of aromatic nitrogens is 2. The van der Waals surface area contributed by atoms with Crippen molar-refractivity contribution in [3.05, 3.63) is 76.9 Å². The molecule has 142 valence electrons. The highest BCUT2D eigenvalue weighted by atomic mass is 16.5. The summed E-state index contributed by atoms with van der Waals surface area (Å²) < 4.78 is 10.8. The average Bonchev–Trinajstić information content (AvgIpc) is 3.22. The molecule has 1 aliphatic rings. The molecule has 28 heavy (non-hydrogen) atoms. The average molecular weight is 374 g/mol. The fourth-order valence-electron chi connectivity index (χ4n) is 3.80. The van der Waals surface area contributed by atoms with Crippen LogP contribution in [0.4, 0.5) is 0 Å². The van der Waals surface area contributed by atoms with Crippen molar-refractivity contribution >= 4 is 0 Å². The zero-order chi connectivity index (χ0) is 19.5. The van der Waals surface area contributed by atoms with Crippen LogP contribution in [-0.2, 0) is 13.0 Å². The van der Waals surface area contributed by atoms with Gasteiger partial charge in [-0.15, -0.1) is 0 Å². The van der Waals surface area contributed by atoms with Crippen molar-refractivity contribution in [2.24, 2.45) is 0 Å². The highest BCUT2D eigenvalue weighted by Crippen LogP contribution is 2.35. The maximum Gasteiger partial charge on any atom is 0.122 e. The Balaban J connectivity index is 1.70. The number of ether oxygens (including phenoxy) is 2. The molecule has 0 radical (unpaired) electrons. The van der Waals surface area contributed by atoms with Crippen molar-refractivity contribution in [3.8, 4) is 17.6 Å². The molecule has 2 aromatic carbocycles. The van der Waals surface area contributed by atoms with Crippen LogP contribution >= 0.6 is 0 Å². The van der Waals surface area contributed by atoms with Crippen LogP contribution in [0.25, 0.3) is 0 Å². The van der Waals surface area contributed by atoms with E-state index in [0.717, 1.165) is 47.8 Å². The second-order valence-electron chi connectivity index (χ2n) is 6.84. The van der Waals surface area contributed by atoms with Gasteiger partial charge in [-0.2, -0.15) is 5.26 Å². The summed E-state index contributed by atoms with van der Waals surface area (Å²) in [6.45, 7) is 1.64. The number of aromatic amines is 1. The minimum atomic E-state index is 0.0277. The minimum Gasteiger partial charge on any atom is -0.497 e. The number of nitriles is 1. The van der Waals surface area contributed by atoms with Crippen LogP contribution in [0.5, 0.6) is 11.5 Å². The van der Waals surface area contributed by atoms with E-state index < -0.39 is 0 Å². The van der Waals surface area contributed by atoms with Gasteiger partial charge >= 0.3 is 0 Å². The first-order valence-corrected chi connectivity index (χ1v) is 9.20. The molecule has 0 saturated heterocycles. The summed E-state index contributed by atoms with van der Waals surface area (Å²) >= 11 is 0. The van der Waals surface area contributed by atoms with E-state index >= 15 is 0 Å². The number of methoxy groups -OCH3 is 2. The number of nitrogens with zero attached hydrogens (tertiary/aromatic N) is 3. The summed E-state index contributed by atoms with van der Waals surface area (Å²) in [5, 5.41) is 9.11. The van der Waals surface area contributed by atoms with E-state index in [-0.39, 0.29) is 6.04 Å². The molecule has 1 aromatic heterocycles. The van der Waals surface area contributed by atoms with Gasteiger partial charge in [-0.25, -0.2) is 4.98 Å². The summed E-state index contributed by atoms with van der Waals surface area (Å²) in [5.41, 5.74) is 5.13. The monoisotopic (exact) mass is 374 g/mol. The number of hydrogen-bond donors (Lipinski definition) is 1. The van der Waals surface area contributed by atoms with E-state index in [0.29, 0.717) is 5.56 Å². The zero-order valence-corrected chi connectivity index (χ0v) is 16.0. The van der Waals surface area contributed by atoms with Gasteiger partial charge in [-0.3, -0.25) is 4.90 Å². The van der Waals surface area contributed by atoms with Crippen LogP contribution < -0.4 is 9.47 Å². The Morgan fingerprint density at radius 3 is 2.50 bits per heavy atom. The molecular formula is C22H22N4O2. The van der Waals surface area contributed by atoms with E-state index in [2.05, 4.69) is 20.9 Å². The van der Waals surface area contributed by atoms with Gasteiger partial charge < -0.3 is 14.5 Å². The molecule has 1 atom stereocenters. The van der Waals surface area contributed by atoms with Gasteiger partial charge in [0, 0.05) is 31.3 Å². The molecule has 1 aliphatic heterocycles. The number of imidazole rings is 1. The van der Waals surface area contributed by atoms with Crippen molar-refractivity contribution < 1.29 is 9.47 Å². The number of fused-ring (bicyclic) bond motifs is 1. The molecule has 6 nitrogen and oxygen atoms in total. The van der Waals surface area contributed by atoms with E-state index in [1.54, 1.807) is 20.5 Å². The van der Waals surface area contributed by atoms with E-state index in [4.69, 9.17) is 14.7 Å². The third-order valence-electron chi connectivity index (χ3n) is 5.18. The molecule has 1 N–H and O–H groups in total. The SMILES string of the molecule is COc1cc(CN2CCc3[nH]cnc3C2c2ccc(C#N)cc2)cc(OC)c1. The highest BCUT2D eigenvalue weighted by Gasteiger charge is 2.31. The molecule has 6 heteroatoms. The Hall–Kier alpha value is -3.30. The molecule has 0 aliphatic carbocycles. The topological polar surface area (TPSA) is 74.2 Å². The third kappa shape index (κ3) is 3.45. The fraction of sp³-hybridized carbons (Fsp3) is 0.273. The highest BCUT2D eigenvalue weighted by molar-refractivity contribution is 5.40. The van der Waals surface area contributed by atoms with Gasteiger partial charge in [0.15, 0.2) is 0 Å². The first kappa shape index (κ1) is 18.1. The lowest BCUT2D eigenvalue weighted by Gasteiger charge is -2.35. The van der Waals surface area contributed by atoms with Crippen LogP contribution in [0.1, 0.15) is 34.1 Å². The zero-order valence-electron chi connectivity index (χ0n) is 16.0. The number of rotatable bonds is 5. The Bertz CT molecular complexity index is 982. The molecule has 0 spiro atoms. The Morgan fingerprint density at radius 1 is 1.14 bits per heavy atom. The Labute approximate surface area is 164 Å². The number of benzene rings is 2. The number of H-pyrrole nitrogens is 1. The fourth-order valence-corrected chi connectivity index (χ4v) is 3.80. The maximum atomic E-state index is 9.11. The molecule has 4 rings (SSSR count). The first-order valence-electron chi connectivity index (χ1n) is 9.20. The maximum absolute atomic E-state index is 9.11. The van der Waals surface area contributed by atoms with Crippen LogP contribution in [0.2, 0.25) is 0 Å². The van der Waals surface area contributed by atoms with E-state index in [1.165, 1.54) is 5.69 Å². The van der Waals surface area contributed by atoms with Gasteiger partial charge in [0.25, 0.3) is 0 Å². The van der Waals surface area contributed by atoms with Crippen LogP contribution in [-0.4, -0.2) is 35.6 Å². The molecular weight excluding hydrogens is 352 g/mol. The molecule has 3 aromatic rings. The molecule has 2 heterocycles. The third-order valence-corrected chi connectivity index (χ3v) is 5.18. The largest absolute Gasteiger partial charge is 0.497 e. The molecule has 1 unspecified atom stereocenters.